The van der Waals surface area contributed by atoms with Gasteiger partial charge in [0.25, 0.3) is 0 Å². The van der Waals surface area contributed by atoms with Gasteiger partial charge in [-0.3, -0.25) is 11.2 Å². The standard InChI is InChI=1S/C2H6N4S/c3-1-4-2(7)6-5-1/h1,5H,3H2,(H2,4,6,7). The zero-order valence-electron chi connectivity index (χ0n) is 3.56. The first-order valence-electron chi connectivity index (χ1n) is 1.86. The highest BCUT2D eigenvalue weighted by molar-refractivity contribution is 7.80. The summed E-state index contributed by atoms with van der Waals surface area (Å²) in [6.45, 7) is 0. The molecular weight excluding hydrogens is 112 g/mol. The summed E-state index contributed by atoms with van der Waals surface area (Å²) in [6, 6.07) is 0. The Balaban J connectivity index is 2.40. The third kappa shape index (κ3) is 0.986. The Morgan fingerprint density at radius 2 is 2.43 bits per heavy atom. The largest absolute Gasteiger partial charge is 0.333 e. The van der Waals surface area contributed by atoms with Crippen LogP contribution in [0.3, 0.4) is 0 Å². The van der Waals surface area contributed by atoms with Crippen molar-refractivity contribution >= 4 is 17.3 Å². The van der Waals surface area contributed by atoms with E-state index in [2.05, 4.69) is 28.4 Å². The molecule has 1 unspecified atom stereocenters. The number of nitrogens with two attached hydrogens (primary N) is 1. The zero-order valence-corrected chi connectivity index (χ0v) is 4.38. The van der Waals surface area contributed by atoms with Crippen LogP contribution in [0.2, 0.25) is 0 Å². The second-order valence-corrected chi connectivity index (χ2v) is 1.63. The maximum atomic E-state index is 5.25. The molecule has 1 fully saturated rings. The van der Waals surface area contributed by atoms with E-state index in [9.17, 15) is 0 Å². The lowest BCUT2D eigenvalue weighted by molar-refractivity contribution is 0.547. The third-order valence-corrected chi connectivity index (χ3v) is 0.848. The summed E-state index contributed by atoms with van der Waals surface area (Å²) in [6.07, 6.45) is -0.229. The minimum absolute atomic E-state index is 0.229. The molecule has 5 heteroatoms. The Bertz CT molecular complexity index is 91.7. The smallest absolute Gasteiger partial charge is 0.183 e. The van der Waals surface area contributed by atoms with E-state index in [4.69, 9.17) is 5.73 Å². The average molecular weight is 118 g/mol. The van der Waals surface area contributed by atoms with Gasteiger partial charge in [-0.05, 0) is 12.2 Å². The van der Waals surface area contributed by atoms with Gasteiger partial charge in [0.1, 0.15) is 6.29 Å². The van der Waals surface area contributed by atoms with Crippen LogP contribution in [-0.2, 0) is 0 Å². The molecule has 7 heavy (non-hydrogen) atoms. The van der Waals surface area contributed by atoms with Crippen molar-refractivity contribution in [3.8, 4) is 0 Å². The summed E-state index contributed by atoms with van der Waals surface area (Å²) in [4.78, 5) is 0. The first-order chi connectivity index (χ1) is 3.29. The van der Waals surface area contributed by atoms with Crippen molar-refractivity contribution in [2.45, 2.75) is 6.29 Å². The Kier molecular flexibility index (Phi) is 1.09. The molecular formula is C2H6N4S. The molecule has 4 nitrogen and oxygen atoms in total. The quantitative estimate of drug-likeness (QED) is 0.283. The lowest BCUT2D eigenvalue weighted by Gasteiger charge is -1.96. The van der Waals surface area contributed by atoms with E-state index in [1.54, 1.807) is 0 Å². The van der Waals surface area contributed by atoms with Gasteiger partial charge in [-0.25, -0.2) is 0 Å². The second-order valence-electron chi connectivity index (χ2n) is 1.22. The molecule has 1 saturated heterocycles. The minimum atomic E-state index is -0.229. The van der Waals surface area contributed by atoms with Crippen LogP contribution in [0.15, 0.2) is 0 Å². The number of nitrogens with one attached hydrogen (secondary N) is 3. The van der Waals surface area contributed by atoms with Crippen LogP contribution in [0.25, 0.3) is 0 Å². The number of hydrazine groups is 1. The van der Waals surface area contributed by atoms with Gasteiger partial charge in [0, 0.05) is 0 Å². The monoisotopic (exact) mass is 118 g/mol. The van der Waals surface area contributed by atoms with E-state index in [1.807, 2.05) is 0 Å². The second kappa shape index (κ2) is 1.61. The number of thiocarbonyl (C=S) groups is 1. The van der Waals surface area contributed by atoms with Crippen LogP contribution in [0.5, 0.6) is 0 Å². The molecule has 1 heterocycles. The van der Waals surface area contributed by atoms with Crippen LogP contribution in [-0.4, -0.2) is 11.4 Å². The summed E-state index contributed by atoms with van der Waals surface area (Å²) in [5.41, 5.74) is 10.5. The number of hydrogen-bond donors (Lipinski definition) is 4. The van der Waals surface area contributed by atoms with Crippen LogP contribution in [0.4, 0.5) is 0 Å². The summed E-state index contributed by atoms with van der Waals surface area (Å²) in [5.74, 6) is 0. The van der Waals surface area contributed by atoms with Crippen molar-refractivity contribution in [1.82, 2.24) is 16.2 Å². The maximum absolute atomic E-state index is 5.25. The topological polar surface area (TPSA) is 62.1 Å². The highest BCUT2D eigenvalue weighted by Crippen LogP contribution is 1.71. The molecule has 0 aliphatic carbocycles. The van der Waals surface area contributed by atoms with Crippen LogP contribution in [0, 0.1) is 0 Å². The zero-order chi connectivity index (χ0) is 5.28. The molecule has 0 radical (unpaired) electrons. The van der Waals surface area contributed by atoms with E-state index in [-0.39, 0.29) is 6.29 Å². The van der Waals surface area contributed by atoms with Crippen LogP contribution >= 0.6 is 12.2 Å². The van der Waals surface area contributed by atoms with E-state index < -0.39 is 0 Å². The number of rotatable bonds is 0. The molecule has 0 aromatic rings. The molecule has 40 valence electrons. The van der Waals surface area contributed by atoms with Crippen molar-refractivity contribution in [2.75, 3.05) is 0 Å². The third-order valence-electron chi connectivity index (χ3n) is 0.628. The molecule has 1 atom stereocenters. The van der Waals surface area contributed by atoms with Crippen molar-refractivity contribution in [2.24, 2.45) is 5.73 Å². The van der Waals surface area contributed by atoms with Gasteiger partial charge in [0.2, 0.25) is 0 Å². The molecule has 0 aromatic carbocycles. The van der Waals surface area contributed by atoms with E-state index in [0.717, 1.165) is 0 Å². The molecule has 0 amide bonds. The summed E-state index contributed by atoms with van der Waals surface area (Å²) in [5, 5.41) is 3.25. The lowest BCUT2D eigenvalue weighted by atomic mass is 10.9. The molecule has 0 aromatic heterocycles. The van der Waals surface area contributed by atoms with E-state index in [0.29, 0.717) is 5.11 Å². The fourth-order valence-electron chi connectivity index (χ4n) is 0.357. The molecule has 1 aliphatic rings. The predicted molar refractivity (Wildman–Crippen MR) is 30.0 cm³/mol. The van der Waals surface area contributed by atoms with Gasteiger partial charge in [-0.15, -0.1) is 0 Å². The summed E-state index contributed by atoms with van der Waals surface area (Å²) in [7, 11) is 0. The van der Waals surface area contributed by atoms with Crippen LogP contribution in [0.1, 0.15) is 0 Å². The van der Waals surface area contributed by atoms with Crippen LogP contribution < -0.4 is 21.9 Å². The normalized spacial score (nSPS) is 29.3. The number of hydrogen-bond acceptors (Lipinski definition) is 3. The predicted octanol–water partition coefficient (Wildman–Crippen LogP) is -1.79. The Hall–Kier alpha value is -0.390. The van der Waals surface area contributed by atoms with Gasteiger partial charge in [0.15, 0.2) is 5.11 Å². The van der Waals surface area contributed by atoms with E-state index in [1.165, 1.54) is 0 Å². The first-order valence-corrected chi connectivity index (χ1v) is 2.27. The van der Waals surface area contributed by atoms with Crippen molar-refractivity contribution in [3.63, 3.8) is 0 Å². The van der Waals surface area contributed by atoms with Gasteiger partial charge in [-0.2, -0.15) is 5.43 Å². The van der Waals surface area contributed by atoms with Gasteiger partial charge < -0.3 is 5.32 Å². The van der Waals surface area contributed by atoms with Crippen molar-refractivity contribution < 1.29 is 0 Å². The highest BCUT2D eigenvalue weighted by Gasteiger charge is 2.08. The van der Waals surface area contributed by atoms with Gasteiger partial charge in [-0.1, -0.05) is 0 Å². The Labute approximate surface area is 46.4 Å². The lowest BCUT2D eigenvalue weighted by Crippen LogP contribution is -2.41. The molecule has 1 aliphatic heterocycles. The first kappa shape index (κ1) is 4.76. The summed E-state index contributed by atoms with van der Waals surface area (Å²) < 4.78 is 0. The molecule has 5 N–H and O–H groups in total. The Morgan fingerprint density at radius 3 is 2.57 bits per heavy atom. The fraction of sp³-hybridized carbons (Fsp3) is 0.500. The summed E-state index contributed by atoms with van der Waals surface area (Å²) >= 11 is 4.63. The van der Waals surface area contributed by atoms with E-state index >= 15 is 0 Å². The molecule has 0 bridgehead atoms. The molecule has 0 spiro atoms. The minimum Gasteiger partial charge on any atom is -0.333 e. The van der Waals surface area contributed by atoms with Crippen molar-refractivity contribution in [1.29, 1.82) is 0 Å². The SMILES string of the molecule is NC1NNC(=S)N1. The fourth-order valence-corrected chi connectivity index (χ4v) is 0.543. The average Bonchev–Trinajstić information content (AvgIpc) is 1.87. The van der Waals surface area contributed by atoms with Gasteiger partial charge >= 0.3 is 0 Å². The Morgan fingerprint density at radius 1 is 1.71 bits per heavy atom. The van der Waals surface area contributed by atoms with Gasteiger partial charge in [0.05, 0.1) is 0 Å². The molecule has 0 saturated carbocycles. The van der Waals surface area contributed by atoms with Crippen molar-refractivity contribution in [3.05, 3.63) is 0 Å². The maximum Gasteiger partial charge on any atom is 0.183 e. The molecule has 1 rings (SSSR count). The highest BCUT2D eigenvalue weighted by atomic mass is 32.1.